The molecule has 0 spiro atoms. The van der Waals surface area contributed by atoms with Crippen molar-refractivity contribution in [3.8, 4) is 0 Å². The molecule has 5 heteroatoms. The Bertz CT molecular complexity index is 426. The van der Waals surface area contributed by atoms with E-state index < -0.39 is 0 Å². The summed E-state index contributed by atoms with van der Waals surface area (Å²) in [5.41, 5.74) is 0. The molecule has 0 bridgehead atoms. The molecule has 0 radical (unpaired) electrons. The van der Waals surface area contributed by atoms with Crippen LogP contribution in [-0.2, 0) is 9.53 Å². The average Bonchev–Trinajstić information content (AvgIpc) is 2.44. The zero-order valence-electron chi connectivity index (χ0n) is 12.7. The van der Waals surface area contributed by atoms with E-state index >= 15 is 0 Å². The molecule has 3 nitrogen and oxygen atoms in total. The Balaban J connectivity index is 2.03. The van der Waals surface area contributed by atoms with Crippen molar-refractivity contribution < 1.29 is 13.9 Å². The fraction of sp³-hybridized carbons (Fsp3) is 0.562. The van der Waals surface area contributed by atoms with Crippen molar-refractivity contribution in [2.45, 2.75) is 31.6 Å². The van der Waals surface area contributed by atoms with Gasteiger partial charge in [0, 0.05) is 36.8 Å². The number of amides is 1. The molecular weight excluding hydrogens is 289 g/mol. The van der Waals surface area contributed by atoms with Crippen molar-refractivity contribution >= 4 is 17.7 Å². The summed E-state index contributed by atoms with van der Waals surface area (Å²) >= 11 is 1.37. The number of hydrogen-bond donors (Lipinski definition) is 1. The fourth-order valence-corrected chi connectivity index (χ4v) is 2.51. The van der Waals surface area contributed by atoms with E-state index in [-0.39, 0.29) is 11.7 Å². The molecule has 21 heavy (non-hydrogen) atoms. The van der Waals surface area contributed by atoms with Crippen LogP contribution in [-0.4, -0.2) is 31.4 Å². The van der Waals surface area contributed by atoms with Crippen molar-refractivity contribution in [2.75, 3.05) is 25.5 Å². The summed E-state index contributed by atoms with van der Waals surface area (Å²) in [6.07, 6.45) is 1.21. The number of nitrogens with one attached hydrogen (secondary N) is 1. The number of carbonyl (C=O) groups excluding carboxylic acids is 1. The maximum absolute atomic E-state index is 13.4. The molecule has 0 saturated heterocycles. The standard InChI is InChI=1S/C16H24FNO2S/c1-13(2)12-20-10-5-9-18-16(19)8-11-21-15-7-4-3-6-14(15)17/h3-4,6-7,13H,5,8-12H2,1-2H3,(H,18,19). The van der Waals surface area contributed by atoms with Crippen LogP contribution in [0.3, 0.4) is 0 Å². The lowest BCUT2D eigenvalue weighted by Crippen LogP contribution is -2.25. The lowest BCUT2D eigenvalue weighted by molar-refractivity contribution is -0.120. The highest BCUT2D eigenvalue weighted by molar-refractivity contribution is 7.99. The second-order valence-corrected chi connectivity index (χ2v) is 6.34. The molecule has 118 valence electrons. The van der Waals surface area contributed by atoms with Crippen molar-refractivity contribution in [2.24, 2.45) is 5.92 Å². The SMILES string of the molecule is CC(C)COCCCNC(=O)CCSc1ccccc1F. The van der Waals surface area contributed by atoms with E-state index in [0.717, 1.165) is 13.0 Å². The topological polar surface area (TPSA) is 38.3 Å². The molecule has 0 heterocycles. The molecule has 1 aromatic rings. The normalized spacial score (nSPS) is 10.9. The number of ether oxygens (including phenoxy) is 1. The van der Waals surface area contributed by atoms with Crippen LogP contribution in [0.15, 0.2) is 29.2 Å². The van der Waals surface area contributed by atoms with Crippen LogP contribution < -0.4 is 5.32 Å². The summed E-state index contributed by atoms with van der Waals surface area (Å²) in [6.45, 7) is 6.26. The van der Waals surface area contributed by atoms with Gasteiger partial charge in [-0.1, -0.05) is 26.0 Å². The van der Waals surface area contributed by atoms with Gasteiger partial charge in [0.1, 0.15) is 5.82 Å². The maximum atomic E-state index is 13.4. The molecular formula is C16H24FNO2S. The molecule has 1 N–H and O–H groups in total. The smallest absolute Gasteiger partial charge is 0.220 e. The van der Waals surface area contributed by atoms with Crippen molar-refractivity contribution in [1.29, 1.82) is 0 Å². The number of rotatable bonds is 10. The third-order valence-corrected chi connectivity index (χ3v) is 3.71. The van der Waals surface area contributed by atoms with E-state index in [1.54, 1.807) is 18.2 Å². The summed E-state index contributed by atoms with van der Waals surface area (Å²) in [5.74, 6) is 0.888. The van der Waals surface area contributed by atoms with Gasteiger partial charge in [0.2, 0.25) is 5.91 Å². The number of hydrogen-bond acceptors (Lipinski definition) is 3. The van der Waals surface area contributed by atoms with Gasteiger partial charge >= 0.3 is 0 Å². The molecule has 0 aliphatic rings. The van der Waals surface area contributed by atoms with Gasteiger partial charge in [-0.2, -0.15) is 0 Å². The summed E-state index contributed by atoms with van der Waals surface area (Å²) in [5, 5.41) is 2.85. The number of halogens is 1. The second-order valence-electron chi connectivity index (χ2n) is 5.20. The Morgan fingerprint density at radius 2 is 2.14 bits per heavy atom. The third kappa shape index (κ3) is 8.73. The Hall–Kier alpha value is -1.07. The van der Waals surface area contributed by atoms with E-state index in [9.17, 15) is 9.18 Å². The van der Waals surface area contributed by atoms with Gasteiger partial charge in [-0.15, -0.1) is 11.8 Å². The van der Waals surface area contributed by atoms with Gasteiger partial charge in [0.25, 0.3) is 0 Å². The summed E-state index contributed by atoms with van der Waals surface area (Å²) in [6, 6.07) is 6.61. The minimum atomic E-state index is -0.231. The third-order valence-electron chi connectivity index (χ3n) is 2.66. The summed E-state index contributed by atoms with van der Waals surface area (Å²) in [4.78, 5) is 12.2. The van der Waals surface area contributed by atoms with E-state index in [1.165, 1.54) is 17.8 Å². The molecule has 0 saturated carbocycles. The van der Waals surface area contributed by atoms with Gasteiger partial charge in [-0.25, -0.2) is 4.39 Å². The number of thioether (sulfide) groups is 1. The average molecular weight is 313 g/mol. The molecule has 1 aromatic carbocycles. The molecule has 0 atom stereocenters. The Morgan fingerprint density at radius 3 is 2.86 bits per heavy atom. The van der Waals surface area contributed by atoms with E-state index in [1.807, 2.05) is 0 Å². The van der Waals surface area contributed by atoms with Crippen molar-refractivity contribution in [3.63, 3.8) is 0 Å². The molecule has 0 fully saturated rings. The monoisotopic (exact) mass is 313 g/mol. The predicted octanol–water partition coefficient (Wildman–Crippen LogP) is 3.49. The molecule has 1 rings (SSSR count). The predicted molar refractivity (Wildman–Crippen MR) is 85.0 cm³/mol. The second kappa shape index (κ2) is 10.6. The lowest BCUT2D eigenvalue weighted by atomic mass is 10.2. The zero-order valence-corrected chi connectivity index (χ0v) is 13.5. The fourth-order valence-electron chi connectivity index (χ4n) is 1.62. The first-order valence-electron chi connectivity index (χ1n) is 7.31. The molecule has 1 amide bonds. The van der Waals surface area contributed by atoms with Gasteiger partial charge in [0.05, 0.1) is 0 Å². The molecule has 0 unspecified atom stereocenters. The first-order chi connectivity index (χ1) is 10.1. The van der Waals surface area contributed by atoms with Gasteiger partial charge < -0.3 is 10.1 Å². The highest BCUT2D eigenvalue weighted by Crippen LogP contribution is 2.21. The first kappa shape index (κ1) is 18.0. The highest BCUT2D eigenvalue weighted by Gasteiger charge is 2.04. The Labute approximate surface area is 130 Å². The largest absolute Gasteiger partial charge is 0.381 e. The molecule has 0 aromatic heterocycles. The summed E-state index contributed by atoms with van der Waals surface area (Å²) in [7, 11) is 0. The van der Waals surface area contributed by atoms with Gasteiger partial charge in [0.15, 0.2) is 0 Å². The van der Waals surface area contributed by atoms with Crippen LogP contribution in [0, 0.1) is 11.7 Å². The number of benzene rings is 1. The van der Waals surface area contributed by atoms with Crippen LogP contribution in [0.1, 0.15) is 26.7 Å². The Morgan fingerprint density at radius 1 is 1.38 bits per heavy atom. The van der Waals surface area contributed by atoms with Gasteiger partial charge in [-0.3, -0.25) is 4.79 Å². The van der Waals surface area contributed by atoms with Crippen LogP contribution in [0.5, 0.6) is 0 Å². The van der Waals surface area contributed by atoms with E-state index in [0.29, 0.717) is 36.1 Å². The highest BCUT2D eigenvalue weighted by atomic mass is 32.2. The van der Waals surface area contributed by atoms with Crippen molar-refractivity contribution in [1.82, 2.24) is 5.32 Å². The van der Waals surface area contributed by atoms with Crippen LogP contribution in [0.4, 0.5) is 4.39 Å². The molecule has 0 aliphatic heterocycles. The maximum Gasteiger partial charge on any atom is 0.220 e. The van der Waals surface area contributed by atoms with E-state index in [2.05, 4.69) is 19.2 Å². The van der Waals surface area contributed by atoms with Gasteiger partial charge in [-0.05, 0) is 24.5 Å². The lowest BCUT2D eigenvalue weighted by Gasteiger charge is -2.08. The quantitative estimate of drug-likeness (QED) is 0.531. The zero-order chi connectivity index (χ0) is 15.5. The van der Waals surface area contributed by atoms with Crippen LogP contribution in [0.2, 0.25) is 0 Å². The number of carbonyl (C=O) groups is 1. The van der Waals surface area contributed by atoms with Crippen LogP contribution >= 0.6 is 11.8 Å². The molecule has 0 aliphatic carbocycles. The minimum Gasteiger partial charge on any atom is -0.381 e. The van der Waals surface area contributed by atoms with Crippen LogP contribution in [0.25, 0.3) is 0 Å². The van der Waals surface area contributed by atoms with E-state index in [4.69, 9.17) is 4.74 Å². The first-order valence-corrected chi connectivity index (χ1v) is 8.30. The minimum absolute atomic E-state index is 0.00250. The Kier molecular flexibility index (Phi) is 9.10. The summed E-state index contributed by atoms with van der Waals surface area (Å²) < 4.78 is 18.8. The van der Waals surface area contributed by atoms with Crippen molar-refractivity contribution in [3.05, 3.63) is 30.1 Å².